The Morgan fingerprint density at radius 3 is 1.29 bits per heavy atom. The van der Waals surface area contributed by atoms with Crippen molar-refractivity contribution in [2.24, 2.45) is 5.92 Å². The molecule has 1 saturated heterocycles. The number of nitrogens with zero attached hydrogens (tertiary/aromatic N) is 1. The molecule has 16 heteroatoms. The van der Waals surface area contributed by atoms with E-state index in [1.165, 1.54) is 55.6 Å². The van der Waals surface area contributed by atoms with Crippen molar-refractivity contribution in [3.05, 3.63) is 145 Å². The highest BCUT2D eigenvalue weighted by molar-refractivity contribution is 6.08. The zero-order valence-electron chi connectivity index (χ0n) is 38.4. The maximum atomic E-state index is 13.2. The number of likely N-dealkylation sites (tertiary alicyclic amines) is 1. The number of carbonyl (C=O) groups excluding carboxylic acids is 8. The molecule has 0 spiro atoms. The van der Waals surface area contributed by atoms with E-state index in [1.54, 1.807) is 48.5 Å². The molecule has 0 saturated carbocycles. The van der Waals surface area contributed by atoms with E-state index in [4.69, 9.17) is 33.2 Å². The van der Waals surface area contributed by atoms with Crippen LogP contribution in [-0.4, -0.2) is 91.9 Å². The molecule has 0 N–H and O–H groups in total. The minimum atomic E-state index is -1.46. The number of benzene rings is 4. The van der Waals surface area contributed by atoms with Gasteiger partial charge >= 0.3 is 29.8 Å². The average molecular weight is 946 g/mol. The Morgan fingerprint density at radius 2 is 0.870 bits per heavy atom. The first-order valence-corrected chi connectivity index (χ1v) is 22.6. The summed E-state index contributed by atoms with van der Waals surface area (Å²) in [6.45, 7) is 8.38. The van der Waals surface area contributed by atoms with Crippen LogP contribution in [0.4, 0.5) is 0 Å². The van der Waals surface area contributed by atoms with E-state index in [0.717, 1.165) is 68.4 Å². The average Bonchev–Trinajstić information content (AvgIpc) is 3.56. The Morgan fingerprint density at radius 1 is 0.493 bits per heavy atom. The number of ether oxygens (including phenoxy) is 7. The smallest absolute Gasteiger partial charge is 0.343 e. The lowest BCUT2D eigenvalue weighted by molar-refractivity contribution is -0.140. The second-order valence-electron chi connectivity index (χ2n) is 15.8. The summed E-state index contributed by atoms with van der Waals surface area (Å²) in [6.07, 6.45) is 7.25. The molecule has 0 unspecified atom stereocenters. The monoisotopic (exact) mass is 945 g/mol. The Kier molecular flexibility index (Phi) is 20.4. The minimum absolute atomic E-state index is 0.0328. The van der Waals surface area contributed by atoms with E-state index in [9.17, 15) is 38.4 Å². The molecule has 1 aliphatic rings. The molecule has 16 nitrogen and oxygen atoms in total. The first kappa shape index (κ1) is 52.1. The maximum absolute atomic E-state index is 13.2. The Hall–Kier alpha value is -7.88. The van der Waals surface area contributed by atoms with Crippen LogP contribution < -0.4 is 18.9 Å². The van der Waals surface area contributed by atoms with E-state index in [1.807, 2.05) is 0 Å². The maximum Gasteiger partial charge on any atom is 0.343 e. The van der Waals surface area contributed by atoms with Crippen LogP contribution >= 0.6 is 0 Å². The number of carbonyl (C=O) groups is 8. The van der Waals surface area contributed by atoms with Crippen LogP contribution in [0.3, 0.4) is 0 Å². The third-order valence-corrected chi connectivity index (χ3v) is 10.8. The lowest BCUT2D eigenvalue weighted by Gasteiger charge is -2.16. The van der Waals surface area contributed by atoms with Gasteiger partial charge in [-0.2, -0.15) is 0 Å². The first-order chi connectivity index (χ1) is 33.4. The molecule has 2 amide bonds. The van der Waals surface area contributed by atoms with Gasteiger partial charge in [0.25, 0.3) is 5.91 Å². The number of hydrogen-bond donors (Lipinski definition) is 0. The fraction of sp³-hybridized carbons (Fsp3) is 0.321. The van der Waals surface area contributed by atoms with Crippen LogP contribution in [0, 0.1) is 5.92 Å². The number of rotatable bonds is 28. The lowest BCUT2D eigenvalue weighted by Crippen LogP contribution is -2.32. The quantitative estimate of drug-likeness (QED) is 0.01000. The normalized spacial score (nSPS) is 14.0. The lowest BCUT2D eigenvalue weighted by atomic mass is 9.95. The van der Waals surface area contributed by atoms with E-state index >= 15 is 0 Å². The van der Waals surface area contributed by atoms with Gasteiger partial charge in [-0.3, -0.25) is 19.3 Å². The summed E-state index contributed by atoms with van der Waals surface area (Å²) in [5, 5.41) is 0. The fourth-order valence-corrected chi connectivity index (χ4v) is 6.90. The standard InChI is InChI=1S/C53H55NO15/c1-4-46(56)65-34-12-8-6-10-32-63-40-22-16-37(17-23-40)51(60)67-42-26-14-36(15-27-42)45(55)31-30-44-48(50(59)54(3)49(44)58)69-53(62)39-20-28-43(29-21-39)68-52(61)38-18-24-41(25-19-38)64-33-11-7-9-13-35-66-47(57)5-2/h4-5,14-29,44,48H,1-2,6-13,30-35H2,3H3/t44-,48-/m1/s1. The van der Waals surface area contributed by atoms with Gasteiger partial charge in [0, 0.05) is 31.2 Å². The van der Waals surface area contributed by atoms with Gasteiger partial charge in [0.2, 0.25) is 5.91 Å². The van der Waals surface area contributed by atoms with Crippen molar-refractivity contribution in [3.8, 4) is 23.0 Å². The summed E-state index contributed by atoms with van der Waals surface area (Å²) in [4.78, 5) is 101. The molecule has 1 heterocycles. The number of Topliss-reactive ketones (excluding diaryl/α,β-unsaturated/α-hetero) is 1. The number of hydrogen-bond acceptors (Lipinski definition) is 15. The van der Waals surface area contributed by atoms with Crippen LogP contribution in [0.1, 0.15) is 106 Å². The zero-order valence-corrected chi connectivity index (χ0v) is 38.4. The molecule has 0 bridgehead atoms. The summed E-state index contributed by atoms with van der Waals surface area (Å²) in [7, 11) is 1.28. The van der Waals surface area contributed by atoms with Gasteiger partial charge in [-0.25, -0.2) is 24.0 Å². The van der Waals surface area contributed by atoms with Gasteiger partial charge in [0.05, 0.1) is 49.0 Å². The van der Waals surface area contributed by atoms with Crippen LogP contribution in [0.25, 0.3) is 0 Å². The Bertz CT molecular complexity index is 2430. The third-order valence-electron chi connectivity index (χ3n) is 10.8. The molecule has 0 radical (unpaired) electrons. The highest BCUT2D eigenvalue weighted by atomic mass is 16.6. The third kappa shape index (κ3) is 16.4. The first-order valence-electron chi connectivity index (χ1n) is 22.6. The predicted molar refractivity (Wildman–Crippen MR) is 250 cm³/mol. The van der Waals surface area contributed by atoms with E-state index in [2.05, 4.69) is 13.2 Å². The molecular weight excluding hydrogens is 891 g/mol. The molecule has 4 aromatic rings. The van der Waals surface area contributed by atoms with Crippen molar-refractivity contribution in [1.82, 2.24) is 4.90 Å². The number of unbranched alkanes of at least 4 members (excludes halogenated alkanes) is 6. The second kappa shape index (κ2) is 27.1. The minimum Gasteiger partial charge on any atom is -0.494 e. The van der Waals surface area contributed by atoms with Crippen LogP contribution in [0.15, 0.2) is 122 Å². The summed E-state index contributed by atoms with van der Waals surface area (Å²) in [5.41, 5.74) is 0.869. The van der Waals surface area contributed by atoms with Gasteiger partial charge < -0.3 is 33.2 Å². The van der Waals surface area contributed by atoms with Crippen molar-refractivity contribution in [2.45, 2.75) is 70.3 Å². The molecular formula is C53H55NO15. The molecule has 1 aliphatic heterocycles. The summed E-state index contributed by atoms with van der Waals surface area (Å²) in [6, 6.07) is 24.3. The van der Waals surface area contributed by atoms with Gasteiger partial charge in [0.1, 0.15) is 23.0 Å². The van der Waals surface area contributed by atoms with E-state index in [0.29, 0.717) is 43.5 Å². The molecule has 0 aliphatic carbocycles. The SMILES string of the molecule is C=CC(=O)OCCCCCCOc1ccc(C(=O)Oc2ccc(C(=O)CC[C@H]3C(=O)N(C)C(=O)[C@@H]3OC(=O)c3ccc(OC(=O)c4ccc(OCCCCCCOC(=O)C=C)cc4)cc3)cc2)cc1. The number of amides is 2. The summed E-state index contributed by atoms with van der Waals surface area (Å²) < 4.78 is 37.9. The number of imide groups is 1. The predicted octanol–water partition coefficient (Wildman–Crippen LogP) is 8.27. The highest BCUT2D eigenvalue weighted by Gasteiger charge is 2.48. The van der Waals surface area contributed by atoms with Crippen molar-refractivity contribution >= 4 is 47.4 Å². The number of likely N-dealkylation sites (N-methyl/N-ethyl adjacent to an activating group) is 1. The molecule has 2 atom stereocenters. The molecule has 69 heavy (non-hydrogen) atoms. The Labute approximate surface area is 400 Å². The van der Waals surface area contributed by atoms with Crippen molar-refractivity contribution in [1.29, 1.82) is 0 Å². The second-order valence-corrected chi connectivity index (χ2v) is 15.8. The van der Waals surface area contributed by atoms with E-state index < -0.39 is 53.7 Å². The van der Waals surface area contributed by atoms with Gasteiger partial charge in [-0.1, -0.05) is 13.2 Å². The summed E-state index contributed by atoms with van der Waals surface area (Å²) >= 11 is 0. The summed E-state index contributed by atoms with van der Waals surface area (Å²) in [5.74, 6) is -4.27. The molecule has 5 rings (SSSR count). The number of ketones is 1. The van der Waals surface area contributed by atoms with Crippen LogP contribution in [-0.2, 0) is 33.4 Å². The van der Waals surface area contributed by atoms with Gasteiger partial charge in [-0.15, -0.1) is 0 Å². The Balaban J connectivity index is 1.02. The highest BCUT2D eigenvalue weighted by Crippen LogP contribution is 2.29. The van der Waals surface area contributed by atoms with E-state index in [-0.39, 0.29) is 46.8 Å². The van der Waals surface area contributed by atoms with Crippen molar-refractivity contribution < 1.29 is 71.5 Å². The number of esters is 5. The van der Waals surface area contributed by atoms with Gasteiger partial charge in [-0.05, 0) is 155 Å². The molecule has 1 fully saturated rings. The van der Waals surface area contributed by atoms with Crippen molar-refractivity contribution in [3.63, 3.8) is 0 Å². The molecule has 0 aromatic heterocycles. The molecule has 362 valence electrons. The molecule has 4 aromatic carbocycles. The zero-order chi connectivity index (χ0) is 49.5. The van der Waals surface area contributed by atoms with Crippen molar-refractivity contribution in [2.75, 3.05) is 33.5 Å². The topological polar surface area (TPSA) is 204 Å². The largest absolute Gasteiger partial charge is 0.494 e. The van der Waals surface area contributed by atoms with Crippen LogP contribution in [0.2, 0.25) is 0 Å². The van der Waals surface area contributed by atoms with Gasteiger partial charge in [0.15, 0.2) is 11.9 Å². The van der Waals surface area contributed by atoms with Crippen LogP contribution in [0.5, 0.6) is 23.0 Å². The fourth-order valence-electron chi connectivity index (χ4n) is 6.90.